The molecule has 2 aliphatic rings. The molecule has 0 saturated heterocycles. The molecule has 2 aromatic carbocycles. The van der Waals surface area contributed by atoms with E-state index in [0.717, 1.165) is 32.2 Å². The predicted molar refractivity (Wildman–Crippen MR) is 98.4 cm³/mol. The molecule has 0 radical (unpaired) electrons. The number of carbonyl (C=O) groups excluding carboxylic acids is 1. The van der Waals surface area contributed by atoms with Gasteiger partial charge in [0, 0.05) is 24.6 Å². The summed E-state index contributed by atoms with van der Waals surface area (Å²) >= 11 is 0. The highest BCUT2D eigenvalue weighted by atomic mass is 16.1. The third-order valence-corrected chi connectivity index (χ3v) is 5.68. The van der Waals surface area contributed by atoms with Crippen molar-refractivity contribution in [3.8, 4) is 0 Å². The quantitative estimate of drug-likeness (QED) is 0.788. The van der Waals surface area contributed by atoms with Crippen molar-refractivity contribution >= 4 is 11.5 Å². The highest BCUT2D eigenvalue weighted by molar-refractivity contribution is 5.83. The lowest BCUT2D eigenvalue weighted by molar-refractivity contribution is -0.125. The molecule has 1 aliphatic carbocycles. The monoisotopic (exact) mass is 319 g/mol. The lowest BCUT2D eigenvalue weighted by atomic mass is 9.76. The number of fused-ring (bicyclic) bond motifs is 1. The van der Waals surface area contributed by atoms with E-state index < -0.39 is 0 Å². The van der Waals surface area contributed by atoms with E-state index >= 15 is 0 Å². The maximum absolute atomic E-state index is 12.7. The molecular formula is C22H25NO. The van der Waals surface area contributed by atoms with Gasteiger partial charge in [-0.05, 0) is 49.4 Å². The molecule has 1 saturated carbocycles. The first-order valence-corrected chi connectivity index (χ1v) is 9.18. The molecule has 2 nitrogen and oxygen atoms in total. The van der Waals surface area contributed by atoms with Gasteiger partial charge in [-0.1, -0.05) is 48.4 Å². The number of rotatable bonds is 2. The molecule has 124 valence electrons. The Morgan fingerprint density at radius 2 is 1.75 bits per heavy atom. The molecule has 2 heteroatoms. The first-order valence-electron chi connectivity index (χ1n) is 9.18. The number of hydrogen-bond donors (Lipinski definition) is 0. The molecule has 4 rings (SSSR count). The third kappa shape index (κ3) is 2.75. The molecule has 0 bridgehead atoms. The Hall–Kier alpha value is -2.09. The van der Waals surface area contributed by atoms with Crippen LogP contribution in [0.2, 0.25) is 0 Å². The molecule has 2 aromatic rings. The number of aryl methyl sites for hydroxylation is 1. The number of hydrogen-bond acceptors (Lipinski definition) is 2. The van der Waals surface area contributed by atoms with Crippen molar-refractivity contribution < 1.29 is 4.79 Å². The fourth-order valence-electron chi connectivity index (χ4n) is 4.40. The average Bonchev–Trinajstić information content (AvgIpc) is 2.62. The lowest BCUT2D eigenvalue weighted by Crippen LogP contribution is -2.42. The van der Waals surface area contributed by atoms with Crippen LogP contribution in [0.3, 0.4) is 0 Å². The molecule has 1 heterocycles. The zero-order valence-electron chi connectivity index (χ0n) is 14.4. The SMILES string of the molecule is Cc1ccc(N2CCc3ccccc3[C@@H]2[C@@H]2CCCCC2=O)cc1. The van der Waals surface area contributed by atoms with Crippen molar-refractivity contribution in [2.45, 2.75) is 45.1 Å². The van der Waals surface area contributed by atoms with E-state index in [2.05, 4.69) is 60.4 Å². The van der Waals surface area contributed by atoms with Crippen LogP contribution in [0.5, 0.6) is 0 Å². The van der Waals surface area contributed by atoms with E-state index in [1.54, 1.807) is 0 Å². The van der Waals surface area contributed by atoms with Crippen molar-refractivity contribution in [1.29, 1.82) is 0 Å². The van der Waals surface area contributed by atoms with Crippen LogP contribution in [0.1, 0.15) is 48.4 Å². The topological polar surface area (TPSA) is 20.3 Å². The van der Waals surface area contributed by atoms with Gasteiger partial charge in [-0.3, -0.25) is 4.79 Å². The molecule has 0 N–H and O–H groups in total. The number of ketones is 1. The van der Waals surface area contributed by atoms with E-state index in [1.165, 1.54) is 28.8 Å². The number of benzene rings is 2. The molecule has 1 fully saturated rings. The Kier molecular flexibility index (Phi) is 4.13. The minimum absolute atomic E-state index is 0.140. The van der Waals surface area contributed by atoms with Crippen molar-refractivity contribution in [2.24, 2.45) is 5.92 Å². The molecule has 0 unspecified atom stereocenters. The van der Waals surface area contributed by atoms with E-state index in [4.69, 9.17) is 0 Å². The minimum Gasteiger partial charge on any atom is -0.363 e. The summed E-state index contributed by atoms with van der Waals surface area (Å²) in [7, 11) is 0. The van der Waals surface area contributed by atoms with Gasteiger partial charge in [0.25, 0.3) is 0 Å². The summed E-state index contributed by atoms with van der Waals surface area (Å²) in [6.45, 7) is 3.12. The van der Waals surface area contributed by atoms with Crippen LogP contribution in [-0.4, -0.2) is 12.3 Å². The van der Waals surface area contributed by atoms with Gasteiger partial charge < -0.3 is 4.90 Å². The summed E-state index contributed by atoms with van der Waals surface area (Å²) in [5.74, 6) is 0.599. The van der Waals surface area contributed by atoms with Crippen LogP contribution in [-0.2, 0) is 11.2 Å². The van der Waals surface area contributed by atoms with Crippen LogP contribution in [0, 0.1) is 12.8 Å². The fraction of sp³-hybridized carbons (Fsp3) is 0.409. The first-order chi connectivity index (χ1) is 11.7. The van der Waals surface area contributed by atoms with Crippen molar-refractivity contribution in [3.05, 3.63) is 65.2 Å². The summed E-state index contributed by atoms with van der Waals surface area (Å²) in [5, 5.41) is 0. The smallest absolute Gasteiger partial charge is 0.138 e. The molecule has 0 amide bonds. The summed E-state index contributed by atoms with van der Waals surface area (Å²) in [4.78, 5) is 15.2. The number of Topliss-reactive ketones (excluding diaryl/α,β-unsaturated/α-hetero) is 1. The van der Waals surface area contributed by atoms with Crippen LogP contribution in [0.15, 0.2) is 48.5 Å². The van der Waals surface area contributed by atoms with Crippen molar-refractivity contribution in [1.82, 2.24) is 0 Å². The molecule has 0 aromatic heterocycles. The van der Waals surface area contributed by atoms with Crippen LogP contribution < -0.4 is 4.90 Å². The van der Waals surface area contributed by atoms with Gasteiger partial charge in [-0.25, -0.2) is 0 Å². The second-order valence-corrected chi connectivity index (χ2v) is 7.24. The summed E-state index contributed by atoms with van der Waals surface area (Å²) < 4.78 is 0. The summed E-state index contributed by atoms with van der Waals surface area (Å²) in [5.41, 5.74) is 5.31. The van der Waals surface area contributed by atoms with Crippen LogP contribution in [0.25, 0.3) is 0 Å². The normalized spacial score (nSPS) is 23.9. The maximum Gasteiger partial charge on any atom is 0.138 e. The van der Waals surface area contributed by atoms with Gasteiger partial charge in [0.1, 0.15) is 5.78 Å². The molecular weight excluding hydrogens is 294 g/mol. The van der Waals surface area contributed by atoms with Crippen LogP contribution >= 0.6 is 0 Å². The molecule has 1 aliphatic heterocycles. The Morgan fingerprint density at radius 3 is 2.54 bits per heavy atom. The lowest BCUT2D eigenvalue weighted by Gasteiger charge is -2.43. The average molecular weight is 319 g/mol. The van der Waals surface area contributed by atoms with Gasteiger partial charge in [-0.2, -0.15) is 0 Å². The zero-order chi connectivity index (χ0) is 16.5. The zero-order valence-corrected chi connectivity index (χ0v) is 14.4. The fourth-order valence-corrected chi connectivity index (χ4v) is 4.40. The van der Waals surface area contributed by atoms with E-state index in [9.17, 15) is 4.79 Å². The summed E-state index contributed by atoms with van der Waals surface area (Å²) in [6, 6.07) is 17.7. The minimum atomic E-state index is 0.140. The van der Waals surface area contributed by atoms with Crippen LogP contribution in [0.4, 0.5) is 5.69 Å². The first kappa shape index (κ1) is 15.4. The Bertz CT molecular complexity index is 734. The summed E-state index contributed by atoms with van der Waals surface area (Å²) in [6.07, 6.45) is 5.08. The third-order valence-electron chi connectivity index (χ3n) is 5.68. The number of carbonyl (C=O) groups is 1. The maximum atomic E-state index is 12.7. The Balaban J connectivity index is 1.77. The van der Waals surface area contributed by atoms with Crippen molar-refractivity contribution in [2.75, 3.05) is 11.4 Å². The largest absolute Gasteiger partial charge is 0.363 e. The molecule has 0 spiro atoms. The van der Waals surface area contributed by atoms with Crippen molar-refractivity contribution in [3.63, 3.8) is 0 Å². The second kappa shape index (κ2) is 6.43. The number of anilines is 1. The predicted octanol–water partition coefficient (Wildman–Crippen LogP) is 4.86. The highest BCUT2D eigenvalue weighted by Gasteiger charge is 2.38. The molecule has 24 heavy (non-hydrogen) atoms. The van der Waals surface area contributed by atoms with Gasteiger partial charge in [-0.15, -0.1) is 0 Å². The van der Waals surface area contributed by atoms with E-state index in [0.29, 0.717) is 5.78 Å². The Morgan fingerprint density at radius 1 is 0.958 bits per heavy atom. The van der Waals surface area contributed by atoms with E-state index in [1.807, 2.05) is 0 Å². The Labute approximate surface area is 144 Å². The number of nitrogens with zero attached hydrogens (tertiary/aromatic N) is 1. The van der Waals surface area contributed by atoms with Gasteiger partial charge in [0.2, 0.25) is 0 Å². The van der Waals surface area contributed by atoms with Gasteiger partial charge in [0.05, 0.1) is 6.04 Å². The standard InChI is InChI=1S/C22H25NO/c1-16-10-12-18(13-11-16)23-15-14-17-6-2-3-7-19(17)22(23)20-8-4-5-9-21(20)24/h2-3,6-7,10-13,20,22H,4-5,8-9,14-15H2,1H3/t20-,22-/m1/s1. The van der Waals surface area contributed by atoms with Gasteiger partial charge in [0.15, 0.2) is 0 Å². The highest BCUT2D eigenvalue weighted by Crippen LogP contribution is 2.42. The van der Waals surface area contributed by atoms with Gasteiger partial charge >= 0.3 is 0 Å². The van der Waals surface area contributed by atoms with E-state index in [-0.39, 0.29) is 12.0 Å². The second-order valence-electron chi connectivity index (χ2n) is 7.24. The molecule has 2 atom stereocenters.